The molecule has 150 valence electrons. The normalized spacial score (nSPS) is 27.8. The average Bonchev–Trinajstić information content (AvgIpc) is 3.03. The number of nitrogens with two attached hydrogens (primary N) is 1. The van der Waals surface area contributed by atoms with Crippen LogP contribution in [-0.4, -0.2) is 77.7 Å². The molecule has 9 nitrogen and oxygen atoms in total. The zero-order chi connectivity index (χ0) is 20.2. The van der Waals surface area contributed by atoms with Crippen molar-refractivity contribution in [3.8, 4) is 0 Å². The van der Waals surface area contributed by atoms with Crippen molar-refractivity contribution in [3.05, 3.63) is 29.3 Å². The lowest BCUT2D eigenvalue weighted by molar-refractivity contribution is -0.141. The van der Waals surface area contributed by atoms with E-state index in [-0.39, 0.29) is 12.2 Å². The molecule has 9 heteroatoms. The minimum absolute atomic E-state index is 0.196. The Morgan fingerprint density at radius 1 is 1.25 bits per heavy atom. The number of amides is 4. The Labute approximate surface area is 164 Å². The monoisotopic (exact) mass is 386 g/mol. The molecule has 0 bridgehead atoms. The Bertz CT molecular complexity index is 843. The van der Waals surface area contributed by atoms with Gasteiger partial charge in [0, 0.05) is 25.8 Å². The number of likely N-dealkylation sites (N-methyl/N-ethyl adjacent to an activating group) is 1. The lowest BCUT2D eigenvalue weighted by atomic mass is 10.1. The van der Waals surface area contributed by atoms with Gasteiger partial charge in [-0.25, -0.2) is 4.79 Å². The van der Waals surface area contributed by atoms with Crippen LogP contribution in [0.25, 0.3) is 0 Å². The molecule has 3 unspecified atom stereocenters. The molecule has 28 heavy (non-hydrogen) atoms. The molecule has 4 rings (SSSR count). The van der Waals surface area contributed by atoms with Crippen molar-refractivity contribution in [3.63, 3.8) is 0 Å². The maximum atomic E-state index is 13.1. The van der Waals surface area contributed by atoms with Crippen LogP contribution in [0, 0.1) is 13.8 Å². The van der Waals surface area contributed by atoms with E-state index in [0.717, 1.165) is 30.1 Å². The van der Waals surface area contributed by atoms with Crippen molar-refractivity contribution in [2.75, 3.05) is 31.6 Å². The van der Waals surface area contributed by atoms with Gasteiger partial charge in [0.05, 0.1) is 0 Å². The third-order valence-electron chi connectivity index (χ3n) is 5.85. The summed E-state index contributed by atoms with van der Waals surface area (Å²) in [4.78, 5) is 43.9. The van der Waals surface area contributed by atoms with Crippen LogP contribution in [0.3, 0.4) is 0 Å². The van der Waals surface area contributed by atoms with Gasteiger partial charge in [0.25, 0.3) is 5.91 Å². The summed E-state index contributed by atoms with van der Waals surface area (Å²) in [5, 5.41) is 3.46. The molecule has 3 N–H and O–H groups in total. The molecule has 3 heterocycles. The van der Waals surface area contributed by atoms with Crippen LogP contribution >= 0.6 is 0 Å². The van der Waals surface area contributed by atoms with E-state index in [1.807, 2.05) is 0 Å². The van der Waals surface area contributed by atoms with E-state index in [4.69, 9.17) is 5.73 Å². The predicted octanol–water partition coefficient (Wildman–Crippen LogP) is -0.224. The molecule has 0 radical (unpaired) electrons. The summed E-state index contributed by atoms with van der Waals surface area (Å²) in [7, 11) is 1.65. The van der Waals surface area contributed by atoms with E-state index in [1.54, 1.807) is 7.05 Å². The number of urea groups is 1. The quantitative estimate of drug-likeness (QED) is 0.745. The number of aryl methyl sites for hydroxylation is 2. The fraction of sp³-hybridized carbons (Fsp3) is 0.526. The molecule has 4 amide bonds. The zero-order valence-corrected chi connectivity index (χ0v) is 16.4. The summed E-state index contributed by atoms with van der Waals surface area (Å²) in [6.07, 6.45) is 0.258. The Kier molecular flexibility index (Phi) is 4.51. The predicted molar refractivity (Wildman–Crippen MR) is 103 cm³/mol. The highest BCUT2D eigenvalue weighted by Gasteiger charge is 2.56. The number of benzene rings is 1. The van der Waals surface area contributed by atoms with Gasteiger partial charge in [0.2, 0.25) is 5.91 Å². The van der Waals surface area contributed by atoms with Crippen LogP contribution in [0.4, 0.5) is 10.5 Å². The molecule has 1 aromatic carbocycles. The van der Waals surface area contributed by atoms with Gasteiger partial charge in [-0.2, -0.15) is 0 Å². The number of carbonyl (C=O) groups is 3. The molecule has 3 saturated heterocycles. The SMILES string of the molecule is Cc1ccc(N2CCCN3C4C(=O)N(CC(N)=O)C(=O)N(C)C4NC23)c(C)c1. The molecular weight excluding hydrogens is 360 g/mol. The van der Waals surface area contributed by atoms with E-state index in [9.17, 15) is 14.4 Å². The average molecular weight is 386 g/mol. The summed E-state index contributed by atoms with van der Waals surface area (Å²) < 4.78 is 0. The van der Waals surface area contributed by atoms with E-state index in [2.05, 4.69) is 47.2 Å². The fourth-order valence-corrected chi connectivity index (χ4v) is 4.59. The third kappa shape index (κ3) is 2.82. The van der Waals surface area contributed by atoms with Crippen LogP contribution in [0.5, 0.6) is 0 Å². The van der Waals surface area contributed by atoms with E-state index >= 15 is 0 Å². The number of nitrogens with one attached hydrogen (secondary N) is 1. The van der Waals surface area contributed by atoms with Crippen LogP contribution in [0.15, 0.2) is 18.2 Å². The number of nitrogens with zero attached hydrogens (tertiary/aromatic N) is 4. The van der Waals surface area contributed by atoms with Crippen molar-refractivity contribution >= 4 is 23.5 Å². The zero-order valence-electron chi connectivity index (χ0n) is 16.4. The molecule has 0 aromatic heterocycles. The van der Waals surface area contributed by atoms with Crippen molar-refractivity contribution in [2.24, 2.45) is 5.73 Å². The highest BCUT2D eigenvalue weighted by molar-refractivity contribution is 6.03. The van der Waals surface area contributed by atoms with Crippen LogP contribution in [0.1, 0.15) is 17.5 Å². The molecular formula is C19H26N6O3. The lowest BCUT2D eigenvalue weighted by Crippen LogP contribution is -2.67. The second-order valence-corrected chi connectivity index (χ2v) is 7.79. The number of carbonyl (C=O) groups excluding carboxylic acids is 3. The minimum Gasteiger partial charge on any atom is -0.368 e. The molecule has 3 atom stereocenters. The van der Waals surface area contributed by atoms with E-state index in [1.165, 1.54) is 16.0 Å². The summed E-state index contributed by atoms with van der Waals surface area (Å²) in [5.74, 6) is -1.07. The molecule has 0 saturated carbocycles. The van der Waals surface area contributed by atoms with Gasteiger partial charge in [0.1, 0.15) is 25.0 Å². The standard InChI is InChI=1S/C19H26N6O3/c1-11-5-6-13(12(2)9-11)23-7-4-8-24-15-16(21-18(23)24)22(3)19(28)25(17(15)27)10-14(20)26/h5-6,9,15-16,18,21H,4,7-8,10H2,1-3H3,(H2,20,26). The van der Waals surface area contributed by atoms with Crippen LogP contribution < -0.4 is 16.0 Å². The van der Waals surface area contributed by atoms with Gasteiger partial charge in [-0.15, -0.1) is 0 Å². The fourth-order valence-electron chi connectivity index (χ4n) is 4.59. The third-order valence-corrected chi connectivity index (χ3v) is 5.85. The highest BCUT2D eigenvalue weighted by Crippen LogP contribution is 2.34. The van der Waals surface area contributed by atoms with Gasteiger partial charge in [0.15, 0.2) is 0 Å². The maximum absolute atomic E-state index is 13.1. The molecule has 3 aliphatic heterocycles. The number of imide groups is 1. The number of hydrogen-bond acceptors (Lipinski definition) is 6. The molecule has 3 fully saturated rings. The first-order chi connectivity index (χ1) is 13.3. The Balaban J connectivity index is 1.67. The second kappa shape index (κ2) is 6.75. The first kappa shape index (κ1) is 18.7. The maximum Gasteiger partial charge on any atom is 0.328 e. The first-order valence-corrected chi connectivity index (χ1v) is 9.52. The van der Waals surface area contributed by atoms with Gasteiger partial charge in [-0.1, -0.05) is 17.7 Å². The van der Waals surface area contributed by atoms with Gasteiger partial charge in [-0.3, -0.25) is 24.7 Å². The second-order valence-electron chi connectivity index (χ2n) is 7.79. The topological polar surface area (TPSA) is 102 Å². The smallest absolute Gasteiger partial charge is 0.328 e. The Morgan fingerprint density at radius 3 is 2.68 bits per heavy atom. The molecule has 3 aliphatic rings. The highest BCUT2D eigenvalue weighted by atomic mass is 16.2. The molecule has 0 aliphatic carbocycles. The number of anilines is 1. The van der Waals surface area contributed by atoms with Crippen LogP contribution in [-0.2, 0) is 9.59 Å². The van der Waals surface area contributed by atoms with E-state index < -0.39 is 30.7 Å². The van der Waals surface area contributed by atoms with Gasteiger partial charge < -0.3 is 15.5 Å². The number of fused-ring (bicyclic) bond motifs is 3. The minimum atomic E-state index is -0.702. The Morgan fingerprint density at radius 2 is 2.00 bits per heavy atom. The molecule has 0 spiro atoms. The molecule has 1 aromatic rings. The largest absolute Gasteiger partial charge is 0.368 e. The van der Waals surface area contributed by atoms with E-state index in [0.29, 0.717) is 0 Å². The van der Waals surface area contributed by atoms with Crippen LogP contribution in [0.2, 0.25) is 0 Å². The number of primary amides is 1. The summed E-state index contributed by atoms with van der Waals surface area (Å²) in [5.41, 5.74) is 8.73. The number of hydrogen-bond donors (Lipinski definition) is 2. The summed E-state index contributed by atoms with van der Waals surface area (Å²) in [6, 6.07) is 5.29. The van der Waals surface area contributed by atoms with Crippen molar-refractivity contribution in [1.82, 2.24) is 20.0 Å². The Hall–Kier alpha value is -2.65. The number of rotatable bonds is 3. The summed E-state index contributed by atoms with van der Waals surface area (Å²) in [6.45, 7) is 5.34. The first-order valence-electron chi connectivity index (χ1n) is 9.52. The van der Waals surface area contributed by atoms with Gasteiger partial charge in [-0.05, 0) is 31.9 Å². The van der Waals surface area contributed by atoms with Crippen molar-refractivity contribution in [1.29, 1.82) is 0 Å². The summed E-state index contributed by atoms with van der Waals surface area (Å²) >= 11 is 0. The van der Waals surface area contributed by atoms with Gasteiger partial charge >= 0.3 is 6.03 Å². The van der Waals surface area contributed by atoms with Crippen molar-refractivity contribution in [2.45, 2.75) is 38.8 Å². The van der Waals surface area contributed by atoms with Crippen molar-refractivity contribution < 1.29 is 14.4 Å². The lowest BCUT2D eigenvalue weighted by Gasteiger charge is -2.44.